The Morgan fingerprint density at radius 2 is 2.14 bits per heavy atom. The zero-order valence-corrected chi connectivity index (χ0v) is 15.8. The van der Waals surface area contributed by atoms with Crippen LogP contribution >= 0.6 is 0 Å². The second kappa shape index (κ2) is 7.27. The number of nitrogens with zero attached hydrogens (tertiary/aromatic N) is 4. The lowest BCUT2D eigenvalue weighted by Gasteiger charge is -2.12. The molecule has 7 nitrogen and oxygen atoms in total. The number of pyridine rings is 2. The number of anilines is 1. The van der Waals surface area contributed by atoms with Crippen LogP contribution in [0.5, 0.6) is 0 Å². The molecule has 29 heavy (non-hydrogen) atoms. The van der Waals surface area contributed by atoms with Crippen LogP contribution in [0, 0.1) is 0 Å². The van der Waals surface area contributed by atoms with Crippen molar-refractivity contribution in [2.45, 2.75) is 19.1 Å². The fraction of sp³-hybridized carbons (Fsp3) is 0.227. The van der Waals surface area contributed by atoms with Crippen molar-refractivity contribution in [1.82, 2.24) is 19.3 Å². The number of aliphatic hydroxyl groups is 1. The number of benzene rings is 1. The molecule has 2 N–H and O–H groups in total. The van der Waals surface area contributed by atoms with E-state index in [0.717, 1.165) is 40.6 Å². The number of nitrogens with one attached hydrogen (secondary N) is 1. The van der Waals surface area contributed by atoms with Crippen molar-refractivity contribution in [1.29, 1.82) is 0 Å². The van der Waals surface area contributed by atoms with E-state index in [4.69, 9.17) is 0 Å². The molecule has 0 saturated carbocycles. The number of carbonyl (C=O) groups is 1. The summed E-state index contributed by atoms with van der Waals surface area (Å²) in [6.07, 6.45) is 5.83. The second-order valence-electron chi connectivity index (χ2n) is 7.37. The first-order chi connectivity index (χ1) is 14.2. The normalized spacial score (nSPS) is 17.2. The fourth-order valence-electron chi connectivity index (χ4n) is 3.96. The molecule has 7 heteroatoms. The van der Waals surface area contributed by atoms with Gasteiger partial charge < -0.3 is 10.4 Å². The third-order valence-corrected chi connectivity index (χ3v) is 5.38. The summed E-state index contributed by atoms with van der Waals surface area (Å²) in [7, 11) is 0. The first-order valence-electron chi connectivity index (χ1n) is 9.69. The lowest BCUT2D eigenvalue weighted by Crippen LogP contribution is -2.22. The molecular formula is C22H21N5O2. The van der Waals surface area contributed by atoms with Crippen molar-refractivity contribution >= 4 is 27.9 Å². The Bertz CT molecular complexity index is 1200. The third-order valence-electron chi connectivity index (χ3n) is 5.38. The largest absolute Gasteiger partial charge is 0.392 e. The van der Waals surface area contributed by atoms with Crippen molar-refractivity contribution in [2.75, 3.05) is 18.4 Å². The minimum absolute atomic E-state index is 0.261. The molecule has 1 fully saturated rings. The SMILES string of the molecule is O=C(Nc1cccc2cnccc12)c1nc(CN2CCC(O)C2)c2ccccn12. The van der Waals surface area contributed by atoms with Gasteiger partial charge in [0.1, 0.15) is 0 Å². The molecule has 1 aliphatic heterocycles. The number of hydrogen-bond acceptors (Lipinski definition) is 5. The number of β-amino-alcohol motifs (C(OH)–C–C–N with tert-alkyl or cyclic N) is 1. The Morgan fingerprint density at radius 3 is 3.00 bits per heavy atom. The predicted octanol–water partition coefficient (Wildman–Crippen LogP) is 2.70. The van der Waals surface area contributed by atoms with Crippen LogP contribution in [0.3, 0.4) is 0 Å². The molecule has 1 amide bonds. The quantitative estimate of drug-likeness (QED) is 0.563. The highest BCUT2D eigenvalue weighted by Gasteiger charge is 2.24. The van der Waals surface area contributed by atoms with Crippen LogP contribution in [0.15, 0.2) is 61.1 Å². The maximum absolute atomic E-state index is 13.1. The second-order valence-corrected chi connectivity index (χ2v) is 7.37. The molecular weight excluding hydrogens is 366 g/mol. The van der Waals surface area contributed by atoms with Crippen molar-refractivity contribution in [3.8, 4) is 0 Å². The first kappa shape index (κ1) is 17.8. The van der Waals surface area contributed by atoms with Crippen molar-refractivity contribution in [3.63, 3.8) is 0 Å². The number of fused-ring (bicyclic) bond motifs is 2. The number of hydrogen-bond donors (Lipinski definition) is 2. The van der Waals surface area contributed by atoms with Crippen LogP contribution in [0.25, 0.3) is 16.3 Å². The van der Waals surface area contributed by atoms with Crippen molar-refractivity contribution in [3.05, 3.63) is 72.6 Å². The highest BCUT2D eigenvalue weighted by molar-refractivity contribution is 6.07. The van der Waals surface area contributed by atoms with E-state index in [-0.39, 0.29) is 12.0 Å². The highest BCUT2D eigenvalue weighted by atomic mass is 16.3. The molecule has 0 radical (unpaired) electrons. The fourth-order valence-corrected chi connectivity index (χ4v) is 3.96. The van der Waals surface area contributed by atoms with E-state index in [1.807, 2.05) is 53.1 Å². The summed E-state index contributed by atoms with van der Waals surface area (Å²) in [5.74, 6) is 0.0876. The number of likely N-dealkylation sites (tertiary alicyclic amines) is 1. The minimum atomic E-state index is -0.285. The summed E-state index contributed by atoms with van der Waals surface area (Å²) in [6.45, 7) is 2.08. The average molecular weight is 387 g/mol. The molecule has 0 bridgehead atoms. The van der Waals surface area contributed by atoms with Crippen molar-refractivity contribution in [2.24, 2.45) is 0 Å². The Hall–Kier alpha value is -3.29. The van der Waals surface area contributed by atoms with Gasteiger partial charge in [-0.2, -0.15) is 0 Å². The molecule has 5 rings (SSSR count). The average Bonchev–Trinajstić information content (AvgIpc) is 3.32. The topological polar surface area (TPSA) is 82.8 Å². The van der Waals surface area contributed by atoms with Crippen LogP contribution in [0.4, 0.5) is 5.69 Å². The summed E-state index contributed by atoms with van der Waals surface area (Å²) in [4.78, 5) is 24.1. The molecule has 1 unspecified atom stereocenters. The number of aliphatic hydroxyl groups excluding tert-OH is 1. The van der Waals surface area contributed by atoms with Crippen molar-refractivity contribution < 1.29 is 9.90 Å². The minimum Gasteiger partial charge on any atom is -0.392 e. The van der Waals surface area contributed by atoms with E-state index < -0.39 is 0 Å². The van der Waals surface area contributed by atoms with Crippen LogP contribution in [0.1, 0.15) is 22.7 Å². The molecule has 0 aliphatic carbocycles. The maximum Gasteiger partial charge on any atom is 0.292 e. The number of aromatic nitrogens is 3. The van der Waals surface area contributed by atoms with E-state index in [9.17, 15) is 9.90 Å². The van der Waals surface area contributed by atoms with E-state index in [2.05, 4.69) is 20.2 Å². The van der Waals surface area contributed by atoms with Gasteiger partial charge in [0.15, 0.2) is 0 Å². The van der Waals surface area contributed by atoms with Crippen LogP contribution in [0.2, 0.25) is 0 Å². The van der Waals surface area contributed by atoms with E-state index in [1.54, 1.807) is 12.4 Å². The standard InChI is InChI=1S/C22H21N5O2/c28-16-8-11-26(13-16)14-19-20-6-1-2-10-27(20)21(24-19)22(29)25-18-5-3-4-15-12-23-9-7-17(15)18/h1-7,9-10,12,16,28H,8,11,13-14H2,(H,25,29). The summed E-state index contributed by atoms with van der Waals surface area (Å²) in [5.41, 5.74) is 2.47. The van der Waals surface area contributed by atoms with E-state index in [1.165, 1.54) is 0 Å². The molecule has 3 aromatic heterocycles. The summed E-state index contributed by atoms with van der Waals surface area (Å²) < 4.78 is 1.82. The summed E-state index contributed by atoms with van der Waals surface area (Å²) in [6, 6.07) is 13.4. The molecule has 1 saturated heterocycles. The predicted molar refractivity (Wildman–Crippen MR) is 111 cm³/mol. The Balaban J connectivity index is 1.48. The lowest BCUT2D eigenvalue weighted by molar-refractivity contribution is 0.101. The summed E-state index contributed by atoms with van der Waals surface area (Å²) in [5, 5.41) is 14.7. The van der Waals surface area contributed by atoms with Gasteiger partial charge in [0, 0.05) is 54.7 Å². The molecule has 4 aromatic rings. The van der Waals surface area contributed by atoms with Gasteiger partial charge in [0.05, 0.1) is 17.3 Å². The maximum atomic E-state index is 13.1. The third kappa shape index (κ3) is 3.35. The van der Waals surface area contributed by atoms with Gasteiger partial charge in [0.25, 0.3) is 5.91 Å². The Labute approximate surface area is 167 Å². The van der Waals surface area contributed by atoms with Crippen LogP contribution < -0.4 is 5.32 Å². The molecule has 4 heterocycles. The Kier molecular flexibility index (Phi) is 4.46. The van der Waals surface area contributed by atoms with Gasteiger partial charge in [-0.15, -0.1) is 0 Å². The Morgan fingerprint density at radius 1 is 1.21 bits per heavy atom. The molecule has 146 valence electrons. The molecule has 1 aromatic carbocycles. The van der Waals surface area contributed by atoms with Gasteiger partial charge in [0.2, 0.25) is 5.82 Å². The zero-order valence-electron chi connectivity index (χ0n) is 15.8. The van der Waals surface area contributed by atoms with Gasteiger partial charge in [-0.25, -0.2) is 4.98 Å². The molecule has 0 spiro atoms. The lowest BCUT2D eigenvalue weighted by atomic mass is 10.1. The number of rotatable bonds is 4. The zero-order chi connectivity index (χ0) is 19.8. The smallest absolute Gasteiger partial charge is 0.292 e. The van der Waals surface area contributed by atoms with Gasteiger partial charge in [-0.05, 0) is 30.7 Å². The highest BCUT2D eigenvalue weighted by Crippen LogP contribution is 2.24. The summed E-state index contributed by atoms with van der Waals surface area (Å²) >= 11 is 0. The number of carbonyl (C=O) groups excluding carboxylic acids is 1. The van der Waals surface area contributed by atoms with Gasteiger partial charge in [-0.1, -0.05) is 18.2 Å². The van der Waals surface area contributed by atoms with Gasteiger partial charge >= 0.3 is 0 Å². The molecule has 1 aliphatic rings. The van der Waals surface area contributed by atoms with Gasteiger partial charge in [-0.3, -0.25) is 19.1 Å². The number of imidazole rings is 1. The number of amides is 1. The van der Waals surface area contributed by atoms with E-state index in [0.29, 0.717) is 18.9 Å². The van der Waals surface area contributed by atoms with Crippen LogP contribution in [-0.4, -0.2) is 49.5 Å². The molecule has 1 atom stereocenters. The monoisotopic (exact) mass is 387 g/mol. The first-order valence-corrected chi connectivity index (χ1v) is 9.69. The van der Waals surface area contributed by atoms with Crippen LogP contribution in [-0.2, 0) is 6.54 Å². The van der Waals surface area contributed by atoms with E-state index >= 15 is 0 Å².